The number of benzene rings is 3. The van der Waals surface area contributed by atoms with Gasteiger partial charge in [0.05, 0.1) is 7.11 Å². The summed E-state index contributed by atoms with van der Waals surface area (Å²) in [4.78, 5) is 11.8. The van der Waals surface area contributed by atoms with E-state index in [2.05, 4.69) is 10.2 Å². The van der Waals surface area contributed by atoms with Crippen LogP contribution in [0.1, 0.15) is 40.3 Å². The van der Waals surface area contributed by atoms with Crippen molar-refractivity contribution < 1.29 is 14.6 Å². The molecular formula is C25H23N3O3S. The molecule has 1 heterocycles. The summed E-state index contributed by atoms with van der Waals surface area (Å²) in [6.07, 6.45) is -0.922. The van der Waals surface area contributed by atoms with Gasteiger partial charge in [0, 0.05) is 22.6 Å². The number of aliphatic hydroxyl groups is 1. The molecule has 1 aromatic heterocycles. The van der Waals surface area contributed by atoms with Crippen molar-refractivity contribution in [3.8, 4) is 11.4 Å². The minimum atomic E-state index is -0.922. The van der Waals surface area contributed by atoms with Gasteiger partial charge in [0.1, 0.15) is 11.9 Å². The van der Waals surface area contributed by atoms with Crippen LogP contribution < -0.4 is 4.74 Å². The Morgan fingerprint density at radius 1 is 1.03 bits per heavy atom. The normalized spacial score (nSPS) is 11.8. The molecule has 6 nitrogen and oxygen atoms in total. The summed E-state index contributed by atoms with van der Waals surface area (Å²) in [6, 6.07) is 24.5. The van der Waals surface area contributed by atoms with E-state index in [0.29, 0.717) is 28.0 Å². The van der Waals surface area contributed by atoms with Crippen molar-refractivity contribution in [3.63, 3.8) is 0 Å². The molecule has 3 aromatic carbocycles. The number of carbonyl (C=O) groups is 1. The Balaban J connectivity index is 1.70. The Morgan fingerprint density at radius 2 is 1.72 bits per heavy atom. The fourth-order valence-electron chi connectivity index (χ4n) is 3.41. The van der Waals surface area contributed by atoms with Crippen LogP contribution in [0.2, 0.25) is 0 Å². The lowest BCUT2D eigenvalue weighted by Crippen LogP contribution is -2.09. The fourth-order valence-corrected chi connectivity index (χ4v) is 4.35. The van der Waals surface area contributed by atoms with Gasteiger partial charge in [0.25, 0.3) is 0 Å². The number of nitrogens with zero attached hydrogens (tertiary/aromatic N) is 3. The summed E-state index contributed by atoms with van der Waals surface area (Å²) in [5, 5.41) is 20.4. The Morgan fingerprint density at radius 3 is 2.38 bits per heavy atom. The molecule has 162 valence electrons. The van der Waals surface area contributed by atoms with Gasteiger partial charge in [-0.05, 0) is 42.8 Å². The van der Waals surface area contributed by atoms with Crippen molar-refractivity contribution in [2.45, 2.75) is 23.9 Å². The van der Waals surface area contributed by atoms with Crippen LogP contribution >= 0.6 is 11.8 Å². The van der Waals surface area contributed by atoms with E-state index >= 15 is 0 Å². The van der Waals surface area contributed by atoms with Gasteiger partial charge in [0.15, 0.2) is 16.8 Å². The van der Waals surface area contributed by atoms with E-state index in [1.165, 1.54) is 11.8 Å². The number of ketones is 1. The van der Waals surface area contributed by atoms with E-state index in [-0.39, 0.29) is 5.78 Å². The van der Waals surface area contributed by atoms with Crippen LogP contribution in [0, 0.1) is 0 Å². The standard InChI is InChI=1S/C25H23N3O3S/c1-17(29)19-13-14-22(31-2)20(15-19)16-32-25-27-26-24(23(30)18-9-5-3-6-10-18)28(25)21-11-7-4-8-12-21/h3-15,23,30H,16H2,1-2H3/t23-/m0/s1. The lowest BCUT2D eigenvalue weighted by molar-refractivity contribution is 0.101. The number of carbonyl (C=O) groups excluding carboxylic acids is 1. The predicted octanol–water partition coefficient (Wildman–Crippen LogP) is 4.85. The first-order valence-corrected chi connectivity index (χ1v) is 11.1. The molecule has 0 saturated carbocycles. The van der Waals surface area contributed by atoms with Gasteiger partial charge in [-0.1, -0.05) is 60.3 Å². The van der Waals surface area contributed by atoms with Gasteiger partial charge >= 0.3 is 0 Å². The topological polar surface area (TPSA) is 77.2 Å². The molecule has 4 aromatic rings. The zero-order chi connectivity index (χ0) is 22.5. The lowest BCUT2D eigenvalue weighted by atomic mass is 10.1. The molecule has 32 heavy (non-hydrogen) atoms. The fraction of sp³-hybridized carbons (Fsp3) is 0.160. The molecule has 0 unspecified atom stereocenters. The van der Waals surface area contributed by atoms with E-state index in [9.17, 15) is 9.90 Å². The van der Waals surface area contributed by atoms with Crippen molar-refractivity contribution in [2.75, 3.05) is 7.11 Å². The molecule has 0 bridgehead atoms. The molecule has 0 spiro atoms. The van der Waals surface area contributed by atoms with Crippen LogP contribution in [-0.2, 0) is 5.75 Å². The van der Waals surface area contributed by atoms with Gasteiger partial charge in [-0.2, -0.15) is 0 Å². The molecule has 0 aliphatic carbocycles. The highest BCUT2D eigenvalue weighted by molar-refractivity contribution is 7.98. The first kappa shape index (κ1) is 21.8. The second-order valence-electron chi connectivity index (χ2n) is 7.20. The second kappa shape index (κ2) is 9.80. The third-order valence-electron chi connectivity index (χ3n) is 5.08. The Labute approximate surface area is 190 Å². The SMILES string of the molecule is COc1ccc(C(C)=O)cc1CSc1nnc([C@@H](O)c2ccccc2)n1-c1ccccc1. The van der Waals surface area contributed by atoms with Crippen LogP contribution in [0.3, 0.4) is 0 Å². The maximum absolute atomic E-state index is 11.8. The summed E-state index contributed by atoms with van der Waals surface area (Å²) < 4.78 is 7.34. The number of para-hydroxylation sites is 1. The van der Waals surface area contributed by atoms with Gasteiger partial charge < -0.3 is 9.84 Å². The number of ether oxygens (including phenoxy) is 1. The van der Waals surface area contributed by atoms with Gasteiger partial charge in [0.2, 0.25) is 0 Å². The highest BCUT2D eigenvalue weighted by Gasteiger charge is 2.22. The van der Waals surface area contributed by atoms with Crippen molar-refractivity contribution in [2.24, 2.45) is 0 Å². The van der Waals surface area contributed by atoms with Crippen LogP contribution in [0.5, 0.6) is 5.75 Å². The van der Waals surface area contributed by atoms with Gasteiger partial charge in [-0.25, -0.2) is 0 Å². The Kier molecular flexibility index (Phi) is 6.68. The summed E-state index contributed by atoms with van der Waals surface area (Å²) in [5.74, 6) is 1.67. The maximum Gasteiger partial charge on any atom is 0.196 e. The van der Waals surface area contributed by atoms with E-state index in [0.717, 1.165) is 16.8 Å². The van der Waals surface area contributed by atoms with Crippen LogP contribution in [0.25, 0.3) is 5.69 Å². The summed E-state index contributed by atoms with van der Waals surface area (Å²) in [5.41, 5.74) is 3.11. The number of methoxy groups -OCH3 is 1. The van der Waals surface area contributed by atoms with E-state index in [1.54, 1.807) is 26.2 Å². The molecule has 0 saturated heterocycles. The van der Waals surface area contributed by atoms with Crippen LogP contribution in [0.15, 0.2) is 84.0 Å². The van der Waals surface area contributed by atoms with Crippen LogP contribution in [-0.4, -0.2) is 32.8 Å². The Hall–Kier alpha value is -3.42. The molecule has 0 fully saturated rings. The van der Waals surface area contributed by atoms with Gasteiger partial charge in [-0.15, -0.1) is 10.2 Å². The third kappa shape index (κ3) is 4.59. The molecule has 0 aliphatic rings. The van der Waals surface area contributed by atoms with E-state index in [1.807, 2.05) is 71.3 Å². The number of Topliss-reactive ketones (excluding diaryl/α,β-unsaturated/α-hetero) is 1. The average Bonchev–Trinajstić information content (AvgIpc) is 3.27. The quantitative estimate of drug-likeness (QED) is 0.309. The van der Waals surface area contributed by atoms with Crippen molar-refractivity contribution >= 4 is 17.5 Å². The molecule has 1 N–H and O–H groups in total. The molecular weight excluding hydrogens is 422 g/mol. The Bertz CT molecular complexity index is 1210. The zero-order valence-corrected chi connectivity index (χ0v) is 18.6. The molecule has 0 aliphatic heterocycles. The van der Waals surface area contributed by atoms with Gasteiger partial charge in [-0.3, -0.25) is 9.36 Å². The molecule has 0 radical (unpaired) electrons. The van der Waals surface area contributed by atoms with Crippen molar-refractivity contribution in [1.29, 1.82) is 0 Å². The molecule has 1 atom stereocenters. The number of aliphatic hydroxyl groups excluding tert-OH is 1. The zero-order valence-electron chi connectivity index (χ0n) is 17.8. The number of hydrogen-bond donors (Lipinski definition) is 1. The summed E-state index contributed by atoms with van der Waals surface area (Å²) in [7, 11) is 1.61. The first-order valence-electron chi connectivity index (χ1n) is 10.1. The molecule has 0 amide bonds. The lowest BCUT2D eigenvalue weighted by Gasteiger charge is -2.15. The number of aromatic nitrogens is 3. The monoisotopic (exact) mass is 445 g/mol. The summed E-state index contributed by atoms with van der Waals surface area (Å²) in [6.45, 7) is 1.54. The number of rotatable bonds is 8. The smallest absolute Gasteiger partial charge is 0.196 e. The van der Waals surface area contributed by atoms with Crippen molar-refractivity contribution in [1.82, 2.24) is 14.8 Å². The maximum atomic E-state index is 11.8. The average molecular weight is 446 g/mol. The van der Waals surface area contributed by atoms with E-state index < -0.39 is 6.10 Å². The molecule has 7 heteroatoms. The summed E-state index contributed by atoms with van der Waals surface area (Å²) >= 11 is 1.47. The number of hydrogen-bond acceptors (Lipinski definition) is 6. The highest BCUT2D eigenvalue weighted by Crippen LogP contribution is 2.32. The van der Waals surface area contributed by atoms with Crippen molar-refractivity contribution in [3.05, 3.63) is 101 Å². The highest BCUT2D eigenvalue weighted by atomic mass is 32.2. The third-order valence-corrected chi connectivity index (χ3v) is 6.05. The molecule has 4 rings (SSSR count). The first-order chi connectivity index (χ1) is 15.6. The minimum absolute atomic E-state index is 0.000347. The largest absolute Gasteiger partial charge is 0.496 e. The predicted molar refractivity (Wildman–Crippen MR) is 124 cm³/mol. The van der Waals surface area contributed by atoms with E-state index in [4.69, 9.17) is 4.74 Å². The minimum Gasteiger partial charge on any atom is -0.496 e. The van der Waals surface area contributed by atoms with Crippen LogP contribution in [0.4, 0.5) is 0 Å². The second-order valence-corrected chi connectivity index (χ2v) is 8.14. The number of thioether (sulfide) groups is 1.